The predicted molar refractivity (Wildman–Crippen MR) is 71.3 cm³/mol. The van der Waals surface area contributed by atoms with Gasteiger partial charge in [0.2, 0.25) is 5.91 Å². The zero-order valence-corrected chi connectivity index (χ0v) is 11.2. The first-order valence-corrected chi connectivity index (χ1v) is 7.32. The number of rotatable bonds is 5. The van der Waals surface area contributed by atoms with Crippen molar-refractivity contribution in [3.8, 4) is 6.07 Å². The maximum absolute atomic E-state index is 11.9. The highest BCUT2D eigenvalue weighted by Gasteiger charge is 2.21. The first-order chi connectivity index (χ1) is 8.54. The Hall–Kier alpha value is -1.67. The molecule has 0 aliphatic rings. The van der Waals surface area contributed by atoms with Crippen LogP contribution >= 0.6 is 0 Å². The quantitative estimate of drug-likeness (QED) is 0.868. The van der Waals surface area contributed by atoms with E-state index in [0.717, 1.165) is 0 Å². The fourth-order valence-corrected chi connectivity index (χ4v) is 2.44. The van der Waals surface area contributed by atoms with Crippen LogP contribution in [0.4, 0.5) is 0 Å². The van der Waals surface area contributed by atoms with Gasteiger partial charge in [-0.15, -0.1) is 0 Å². The molecule has 0 radical (unpaired) electrons. The number of nitriles is 1. The maximum Gasteiger partial charge on any atom is 0.242 e. The monoisotopic (exact) mass is 264 g/mol. The van der Waals surface area contributed by atoms with Crippen molar-refractivity contribution in [3.05, 3.63) is 35.9 Å². The van der Waals surface area contributed by atoms with Crippen LogP contribution < -0.4 is 5.32 Å². The number of benzene rings is 1. The van der Waals surface area contributed by atoms with E-state index >= 15 is 0 Å². The minimum atomic E-state index is -0.969. The first kappa shape index (κ1) is 14.4. The second-order valence-corrected chi connectivity index (χ2v) is 5.60. The molecule has 18 heavy (non-hydrogen) atoms. The highest BCUT2D eigenvalue weighted by molar-refractivity contribution is 7.84. The summed E-state index contributed by atoms with van der Waals surface area (Å²) in [6, 6.07) is 10.7. The third kappa shape index (κ3) is 4.30. The van der Waals surface area contributed by atoms with E-state index in [1.54, 1.807) is 37.4 Å². The fraction of sp³-hybridized carbons (Fsp3) is 0.385. The van der Waals surface area contributed by atoms with Gasteiger partial charge in [-0.1, -0.05) is 30.3 Å². The molecule has 1 rings (SSSR count). The molecular weight excluding hydrogens is 248 g/mol. The zero-order valence-electron chi connectivity index (χ0n) is 10.4. The molecule has 0 spiro atoms. The minimum Gasteiger partial charge on any atom is -0.351 e. The van der Waals surface area contributed by atoms with Crippen LogP contribution in [0.25, 0.3) is 0 Å². The lowest BCUT2D eigenvalue weighted by atomic mass is 10.00. The summed E-state index contributed by atoms with van der Waals surface area (Å²) in [5.41, 5.74) is 0.669. The second kappa shape index (κ2) is 6.92. The van der Waals surface area contributed by atoms with Crippen LogP contribution in [0.2, 0.25) is 0 Å². The summed E-state index contributed by atoms with van der Waals surface area (Å²) in [5.74, 6) is -0.779. The van der Waals surface area contributed by atoms with Gasteiger partial charge in [-0.2, -0.15) is 5.26 Å². The molecule has 1 aromatic carbocycles. The van der Waals surface area contributed by atoms with Gasteiger partial charge in [0.1, 0.15) is 5.92 Å². The van der Waals surface area contributed by atoms with E-state index in [1.165, 1.54) is 0 Å². The van der Waals surface area contributed by atoms with Crippen LogP contribution in [-0.2, 0) is 15.6 Å². The molecule has 96 valence electrons. The third-order valence-electron chi connectivity index (χ3n) is 2.40. The van der Waals surface area contributed by atoms with E-state index < -0.39 is 16.7 Å². The van der Waals surface area contributed by atoms with Gasteiger partial charge < -0.3 is 5.32 Å². The molecule has 1 N–H and O–H groups in total. The molecule has 3 atom stereocenters. The lowest BCUT2D eigenvalue weighted by Gasteiger charge is -2.15. The van der Waals surface area contributed by atoms with Crippen molar-refractivity contribution >= 4 is 16.7 Å². The van der Waals surface area contributed by atoms with Gasteiger partial charge in [0.05, 0.1) is 6.07 Å². The largest absolute Gasteiger partial charge is 0.351 e. The smallest absolute Gasteiger partial charge is 0.242 e. The molecule has 0 saturated heterocycles. The highest BCUT2D eigenvalue weighted by atomic mass is 32.2. The van der Waals surface area contributed by atoms with Crippen molar-refractivity contribution in [2.24, 2.45) is 0 Å². The average molecular weight is 264 g/mol. The van der Waals surface area contributed by atoms with E-state index in [2.05, 4.69) is 5.32 Å². The van der Waals surface area contributed by atoms with E-state index in [-0.39, 0.29) is 11.9 Å². The number of nitrogens with one attached hydrogen (secondary N) is 1. The Balaban J connectivity index is 2.70. The van der Waals surface area contributed by atoms with Crippen LogP contribution in [-0.4, -0.2) is 28.2 Å². The predicted octanol–water partition coefficient (Wildman–Crippen LogP) is 1.18. The number of hydrogen-bond donors (Lipinski definition) is 1. The molecule has 0 heterocycles. The Morgan fingerprint density at radius 1 is 1.44 bits per heavy atom. The second-order valence-electron chi connectivity index (χ2n) is 4.12. The van der Waals surface area contributed by atoms with Gasteiger partial charge in [0.25, 0.3) is 0 Å². The van der Waals surface area contributed by atoms with Gasteiger partial charge in [-0.25, -0.2) is 0 Å². The van der Waals surface area contributed by atoms with Gasteiger partial charge in [0, 0.05) is 28.9 Å². The summed E-state index contributed by atoms with van der Waals surface area (Å²) < 4.78 is 11.0. The van der Waals surface area contributed by atoms with E-state index in [0.29, 0.717) is 11.3 Å². The van der Waals surface area contributed by atoms with Crippen molar-refractivity contribution in [3.63, 3.8) is 0 Å². The standard InChI is InChI=1S/C13H16N2O2S/c1-10(9-18(2)17)15-13(16)12(8-14)11-6-4-3-5-7-11/h3-7,10,12H,9H2,1-2H3,(H,15,16). The third-order valence-corrected chi connectivity index (χ3v) is 3.37. The van der Waals surface area contributed by atoms with Crippen molar-refractivity contribution < 1.29 is 9.00 Å². The van der Waals surface area contributed by atoms with Crippen LogP contribution in [0.1, 0.15) is 18.4 Å². The summed E-state index contributed by atoms with van der Waals surface area (Å²) in [7, 11) is -0.969. The Morgan fingerprint density at radius 2 is 2.06 bits per heavy atom. The molecule has 0 aliphatic carbocycles. The molecule has 0 aromatic heterocycles. The number of amides is 1. The number of hydrogen-bond acceptors (Lipinski definition) is 3. The highest BCUT2D eigenvalue weighted by Crippen LogP contribution is 2.14. The molecule has 3 unspecified atom stereocenters. The number of carbonyl (C=O) groups is 1. The topological polar surface area (TPSA) is 70.0 Å². The number of carbonyl (C=O) groups excluding carboxylic acids is 1. The van der Waals surface area contributed by atoms with Gasteiger partial charge in [-0.05, 0) is 12.5 Å². The maximum atomic E-state index is 11.9. The van der Waals surface area contributed by atoms with Gasteiger partial charge >= 0.3 is 0 Å². The SMILES string of the molecule is CC(CS(C)=O)NC(=O)C(C#N)c1ccccc1. The van der Waals surface area contributed by atoms with E-state index in [9.17, 15) is 9.00 Å². The van der Waals surface area contributed by atoms with Crippen molar-refractivity contribution in [1.29, 1.82) is 5.26 Å². The lowest BCUT2D eigenvalue weighted by molar-refractivity contribution is -0.121. The van der Waals surface area contributed by atoms with Crippen molar-refractivity contribution in [2.45, 2.75) is 18.9 Å². The van der Waals surface area contributed by atoms with Crippen LogP contribution in [0.3, 0.4) is 0 Å². The number of nitrogens with zero attached hydrogens (tertiary/aromatic N) is 1. The Labute approximate surface area is 109 Å². The van der Waals surface area contributed by atoms with E-state index in [1.807, 2.05) is 12.1 Å². The summed E-state index contributed by atoms with van der Waals surface area (Å²) in [6.45, 7) is 1.78. The Kier molecular flexibility index (Phi) is 5.53. The lowest BCUT2D eigenvalue weighted by Crippen LogP contribution is -2.38. The Morgan fingerprint density at radius 3 is 2.56 bits per heavy atom. The molecule has 5 heteroatoms. The molecular formula is C13H16N2O2S. The van der Waals surface area contributed by atoms with Crippen LogP contribution in [0, 0.1) is 11.3 Å². The zero-order chi connectivity index (χ0) is 13.5. The minimum absolute atomic E-state index is 0.206. The molecule has 1 amide bonds. The molecule has 0 aliphatic heterocycles. The molecule has 4 nitrogen and oxygen atoms in total. The summed E-state index contributed by atoms with van der Waals surface area (Å²) in [4.78, 5) is 11.9. The van der Waals surface area contributed by atoms with Crippen LogP contribution in [0.15, 0.2) is 30.3 Å². The summed E-state index contributed by atoms with van der Waals surface area (Å²) >= 11 is 0. The molecule has 1 aromatic rings. The van der Waals surface area contributed by atoms with Crippen LogP contribution in [0.5, 0.6) is 0 Å². The summed E-state index contributed by atoms with van der Waals surface area (Å²) in [6.07, 6.45) is 1.58. The normalized spacial score (nSPS) is 15.2. The molecule has 0 fully saturated rings. The fourth-order valence-electron chi connectivity index (χ4n) is 1.65. The molecule has 0 bridgehead atoms. The van der Waals surface area contributed by atoms with E-state index in [4.69, 9.17) is 5.26 Å². The van der Waals surface area contributed by atoms with Gasteiger partial charge in [-0.3, -0.25) is 9.00 Å². The molecule has 0 saturated carbocycles. The Bertz CT molecular complexity index is 468. The average Bonchev–Trinajstić information content (AvgIpc) is 2.29. The van der Waals surface area contributed by atoms with Gasteiger partial charge in [0.15, 0.2) is 0 Å². The van der Waals surface area contributed by atoms with Crippen molar-refractivity contribution in [2.75, 3.05) is 12.0 Å². The van der Waals surface area contributed by atoms with Crippen molar-refractivity contribution in [1.82, 2.24) is 5.32 Å². The first-order valence-electron chi connectivity index (χ1n) is 5.59. The summed E-state index contributed by atoms with van der Waals surface area (Å²) in [5, 5.41) is 11.8.